The lowest BCUT2D eigenvalue weighted by Crippen LogP contribution is -2.28. The van der Waals surface area contributed by atoms with Crippen LogP contribution in [0.15, 0.2) is 48.8 Å². The summed E-state index contributed by atoms with van der Waals surface area (Å²) in [4.78, 5) is 36.9. The van der Waals surface area contributed by atoms with E-state index in [0.29, 0.717) is 37.2 Å². The van der Waals surface area contributed by atoms with Crippen LogP contribution in [0.4, 0.5) is 25.2 Å². The van der Waals surface area contributed by atoms with Gasteiger partial charge >= 0.3 is 12.1 Å². The fraction of sp³-hybridized carbons (Fsp3) is 0.433. The molecule has 0 aliphatic heterocycles. The fourth-order valence-corrected chi connectivity index (χ4v) is 5.09. The maximum atomic E-state index is 13.1. The van der Waals surface area contributed by atoms with Crippen LogP contribution in [0.1, 0.15) is 61.8 Å². The number of aromatic nitrogens is 3. The zero-order valence-corrected chi connectivity index (χ0v) is 23.5. The molecule has 0 saturated heterocycles. The van der Waals surface area contributed by atoms with E-state index in [0.717, 1.165) is 16.8 Å². The van der Waals surface area contributed by atoms with Crippen LogP contribution in [-0.2, 0) is 19.0 Å². The minimum atomic E-state index is -2.60. The van der Waals surface area contributed by atoms with E-state index in [1.807, 2.05) is 25.1 Å². The van der Waals surface area contributed by atoms with Crippen molar-refractivity contribution in [3.8, 4) is 11.3 Å². The molecule has 42 heavy (non-hydrogen) atoms. The molecule has 0 spiro atoms. The largest absolute Gasteiger partial charge is 0.511 e. The highest BCUT2D eigenvalue weighted by Gasteiger charge is 2.32. The van der Waals surface area contributed by atoms with Gasteiger partial charge in [-0.3, -0.25) is 9.78 Å². The number of alkyl halides is 2. The van der Waals surface area contributed by atoms with Gasteiger partial charge in [-0.1, -0.05) is 0 Å². The number of halogens is 2. The van der Waals surface area contributed by atoms with Crippen molar-refractivity contribution in [3.63, 3.8) is 0 Å². The van der Waals surface area contributed by atoms with Gasteiger partial charge < -0.3 is 24.6 Å². The molecule has 224 valence electrons. The van der Waals surface area contributed by atoms with Crippen molar-refractivity contribution in [2.24, 2.45) is 11.8 Å². The van der Waals surface area contributed by atoms with E-state index in [4.69, 9.17) is 9.47 Å². The van der Waals surface area contributed by atoms with Crippen LogP contribution >= 0.6 is 0 Å². The Morgan fingerprint density at radius 2 is 1.81 bits per heavy atom. The summed E-state index contributed by atoms with van der Waals surface area (Å²) in [6.45, 7) is 3.15. The van der Waals surface area contributed by atoms with Gasteiger partial charge in [-0.2, -0.15) is 0 Å². The lowest BCUT2D eigenvalue weighted by Gasteiger charge is -2.32. The molecule has 1 unspecified atom stereocenters. The van der Waals surface area contributed by atoms with Crippen LogP contribution in [0, 0.1) is 18.8 Å². The summed E-state index contributed by atoms with van der Waals surface area (Å²) in [6.07, 6.45) is 2.14. The van der Waals surface area contributed by atoms with Crippen LogP contribution in [0.5, 0.6) is 0 Å². The monoisotopic (exact) mass is 584 g/mol. The summed E-state index contributed by atoms with van der Waals surface area (Å²) in [7, 11) is 0. The minimum Gasteiger partial charge on any atom is -0.435 e. The lowest BCUT2D eigenvalue weighted by molar-refractivity contribution is -0.159. The number of carbonyl (C=O) groups is 2. The van der Waals surface area contributed by atoms with Crippen molar-refractivity contribution in [3.05, 3.63) is 65.6 Å². The molecule has 3 heterocycles. The first-order valence-electron chi connectivity index (χ1n) is 13.8. The van der Waals surface area contributed by atoms with Crippen molar-refractivity contribution in [1.29, 1.82) is 0 Å². The summed E-state index contributed by atoms with van der Waals surface area (Å²) in [5, 5.41) is 13.2. The van der Waals surface area contributed by atoms with Crippen molar-refractivity contribution in [1.82, 2.24) is 15.0 Å². The van der Waals surface area contributed by atoms with E-state index in [1.54, 1.807) is 19.2 Å². The van der Waals surface area contributed by atoms with Crippen molar-refractivity contribution >= 4 is 23.8 Å². The molecule has 1 fully saturated rings. The summed E-state index contributed by atoms with van der Waals surface area (Å²) in [6, 6.07) is 10.0. The Hall–Kier alpha value is -4.19. The first-order chi connectivity index (χ1) is 20.3. The number of hydrogen-bond acceptors (Lipinski definition) is 10. The third kappa shape index (κ3) is 8.19. The van der Waals surface area contributed by atoms with E-state index >= 15 is 0 Å². The van der Waals surface area contributed by atoms with Gasteiger partial charge in [-0.05, 0) is 87.4 Å². The Labute approximate surface area is 242 Å². The number of aliphatic hydroxyl groups is 1. The van der Waals surface area contributed by atoms with Gasteiger partial charge in [0.15, 0.2) is 0 Å². The van der Waals surface area contributed by atoms with Crippen LogP contribution in [0.3, 0.4) is 0 Å². The average Bonchev–Trinajstić information content (AvgIpc) is 2.98. The normalized spacial score (nSPS) is 17.4. The zero-order valence-electron chi connectivity index (χ0n) is 23.5. The van der Waals surface area contributed by atoms with E-state index in [-0.39, 0.29) is 42.3 Å². The van der Waals surface area contributed by atoms with Gasteiger partial charge in [-0.25, -0.2) is 23.5 Å². The van der Waals surface area contributed by atoms with Crippen LogP contribution in [0.25, 0.3) is 11.3 Å². The summed E-state index contributed by atoms with van der Waals surface area (Å²) >= 11 is 0. The molecular formula is C30H34F2N4O6. The Bertz CT molecular complexity index is 1350. The van der Waals surface area contributed by atoms with E-state index in [2.05, 4.69) is 25.0 Å². The van der Waals surface area contributed by atoms with Crippen LogP contribution in [-0.4, -0.2) is 52.2 Å². The lowest BCUT2D eigenvalue weighted by atomic mass is 9.75. The van der Waals surface area contributed by atoms with Gasteiger partial charge in [-0.15, -0.1) is 0 Å². The molecule has 12 heteroatoms. The molecule has 1 aliphatic rings. The smallest absolute Gasteiger partial charge is 0.435 e. The SMILES string of the molecule is CCOC(=O)OCOC(=O)[C@H]1CC[C@H](C(CO)c2ccc(-c3cc(C)cc(Nc4cc(C(F)F)ccn4)n3)cn2)CC1. The molecule has 4 rings (SSSR count). The number of aryl methyl sites for hydroxylation is 1. The third-order valence-corrected chi connectivity index (χ3v) is 7.23. The molecule has 1 aliphatic carbocycles. The standard InChI is InChI=1S/C30H34F2N4O6/c1-3-40-30(39)42-17-41-29(38)20-6-4-19(5-7-20)23(16-37)24-9-8-22(15-34-24)25-12-18(2)13-27(35-25)36-26-14-21(28(31)32)10-11-33-26/h8-15,19-20,23,28,37H,3-7,16-17H2,1-2H3,(H,33,35,36)/t19-,20-,23?. The van der Waals surface area contributed by atoms with E-state index < -0.39 is 25.3 Å². The Balaban J connectivity index is 1.36. The second kappa shape index (κ2) is 14.6. The van der Waals surface area contributed by atoms with Gasteiger partial charge in [0.1, 0.15) is 11.6 Å². The first kappa shape index (κ1) is 30.8. The first-order valence-corrected chi connectivity index (χ1v) is 13.8. The second-order valence-electron chi connectivity index (χ2n) is 10.1. The Morgan fingerprint density at radius 3 is 2.48 bits per heavy atom. The molecule has 1 atom stereocenters. The second-order valence-corrected chi connectivity index (χ2v) is 10.1. The number of nitrogens with zero attached hydrogens (tertiary/aromatic N) is 3. The zero-order chi connectivity index (χ0) is 30.1. The minimum absolute atomic E-state index is 0.0824. The molecule has 3 aromatic rings. The van der Waals surface area contributed by atoms with Crippen LogP contribution in [0.2, 0.25) is 0 Å². The number of ether oxygens (including phenoxy) is 3. The molecule has 0 bridgehead atoms. The number of aliphatic hydroxyl groups excluding tert-OH is 1. The van der Waals surface area contributed by atoms with Gasteiger partial charge in [0.05, 0.1) is 24.8 Å². The van der Waals surface area contributed by atoms with Gasteiger partial charge in [0, 0.05) is 35.1 Å². The molecule has 0 aromatic carbocycles. The topological polar surface area (TPSA) is 133 Å². The van der Waals surface area contributed by atoms with Crippen molar-refractivity contribution in [2.75, 3.05) is 25.3 Å². The molecule has 0 radical (unpaired) electrons. The van der Waals surface area contributed by atoms with E-state index in [1.165, 1.54) is 18.3 Å². The maximum absolute atomic E-state index is 13.1. The van der Waals surface area contributed by atoms with Crippen molar-refractivity contribution in [2.45, 2.75) is 51.9 Å². The molecule has 1 saturated carbocycles. The third-order valence-electron chi connectivity index (χ3n) is 7.23. The van der Waals surface area contributed by atoms with Crippen molar-refractivity contribution < 1.29 is 37.7 Å². The number of pyridine rings is 3. The quantitative estimate of drug-likeness (QED) is 0.202. The molecule has 0 amide bonds. The number of carbonyl (C=O) groups excluding carboxylic acids is 2. The summed E-state index contributed by atoms with van der Waals surface area (Å²) in [5.74, 6) is -0.0486. The fourth-order valence-electron chi connectivity index (χ4n) is 5.09. The average molecular weight is 585 g/mol. The number of rotatable bonds is 11. The summed E-state index contributed by atoms with van der Waals surface area (Å²) < 4.78 is 40.5. The van der Waals surface area contributed by atoms with Gasteiger partial charge in [0.2, 0.25) is 6.79 Å². The number of anilines is 2. The highest BCUT2D eigenvalue weighted by molar-refractivity contribution is 5.72. The maximum Gasteiger partial charge on any atom is 0.511 e. The highest BCUT2D eigenvalue weighted by Crippen LogP contribution is 2.38. The predicted molar refractivity (Wildman–Crippen MR) is 149 cm³/mol. The highest BCUT2D eigenvalue weighted by atomic mass is 19.3. The Kier molecular flexibility index (Phi) is 10.7. The van der Waals surface area contributed by atoms with Crippen LogP contribution < -0.4 is 5.32 Å². The molecular weight excluding hydrogens is 550 g/mol. The predicted octanol–water partition coefficient (Wildman–Crippen LogP) is 6.08. The molecule has 3 aromatic heterocycles. The molecule has 2 N–H and O–H groups in total. The summed E-state index contributed by atoms with van der Waals surface area (Å²) in [5.41, 5.74) is 2.93. The van der Waals surface area contributed by atoms with Gasteiger partial charge in [0.25, 0.3) is 6.43 Å². The Morgan fingerprint density at radius 1 is 1.02 bits per heavy atom. The number of hydrogen-bond donors (Lipinski definition) is 2. The number of esters is 1. The van der Waals surface area contributed by atoms with E-state index in [9.17, 15) is 23.5 Å². The number of nitrogens with one attached hydrogen (secondary N) is 1. The molecule has 10 nitrogen and oxygen atoms in total.